The number of aliphatic carboxylic acids is 1. The van der Waals surface area contributed by atoms with Gasteiger partial charge in [-0.2, -0.15) is 0 Å². The largest absolute Gasteiger partial charge is 0.480 e. The number of H-pyrrole nitrogens is 1. The van der Waals surface area contributed by atoms with Crippen LogP contribution in [0.5, 0.6) is 0 Å². The van der Waals surface area contributed by atoms with Crippen molar-refractivity contribution in [3.05, 3.63) is 36.0 Å². The zero-order valence-electron chi connectivity index (χ0n) is 20.8. The highest BCUT2D eigenvalue weighted by Gasteiger charge is 2.31. The topological polar surface area (TPSA) is 256 Å². The molecule has 14 heteroatoms. The number of carboxylic acid groups (broad SMARTS) is 1. The quantitative estimate of drug-likeness (QED) is 0.104. The zero-order valence-corrected chi connectivity index (χ0v) is 20.8. The number of carbonyl (C=O) groups excluding carboxylic acids is 4. The van der Waals surface area contributed by atoms with Gasteiger partial charge in [-0.15, -0.1) is 0 Å². The number of fused-ring (bicyclic) bond motifs is 1. The maximum atomic E-state index is 13.4. The number of benzene rings is 1. The van der Waals surface area contributed by atoms with Gasteiger partial charge >= 0.3 is 5.97 Å². The number of hydrogen-bond donors (Lipinski definition) is 9. The van der Waals surface area contributed by atoms with Crippen LogP contribution in [0.1, 0.15) is 31.2 Å². The summed E-state index contributed by atoms with van der Waals surface area (Å²) in [5.74, 6) is -4.74. The molecule has 0 spiro atoms. The Morgan fingerprint density at radius 3 is 2.18 bits per heavy atom. The summed E-state index contributed by atoms with van der Waals surface area (Å²) < 4.78 is 0. The van der Waals surface area contributed by atoms with Gasteiger partial charge in [0, 0.05) is 23.5 Å². The molecule has 208 valence electrons. The second kappa shape index (κ2) is 14.7. The molecule has 4 atom stereocenters. The van der Waals surface area contributed by atoms with Crippen LogP contribution in [-0.2, 0) is 30.4 Å². The number of amides is 4. The molecule has 0 saturated heterocycles. The fraction of sp³-hybridized carbons (Fsp3) is 0.458. The number of para-hydroxylation sites is 1. The number of carbonyl (C=O) groups is 5. The van der Waals surface area contributed by atoms with Crippen molar-refractivity contribution >= 4 is 40.5 Å². The molecule has 1 aromatic carbocycles. The Labute approximate surface area is 218 Å². The number of nitrogens with one attached hydrogen (secondary N) is 4. The fourth-order valence-electron chi connectivity index (χ4n) is 3.80. The molecular formula is C24H35N7O7. The lowest BCUT2D eigenvalue weighted by Crippen LogP contribution is -2.58. The van der Waals surface area contributed by atoms with Crippen molar-refractivity contribution in [3.63, 3.8) is 0 Å². The van der Waals surface area contributed by atoms with Gasteiger partial charge in [0.15, 0.2) is 0 Å². The van der Waals surface area contributed by atoms with Crippen LogP contribution in [0.4, 0.5) is 0 Å². The van der Waals surface area contributed by atoms with Crippen molar-refractivity contribution < 1.29 is 34.2 Å². The Balaban J connectivity index is 2.28. The van der Waals surface area contributed by atoms with Gasteiger partial charge in [0.05, 0.1) is 13.0 Å². The van der Waals surface area contributed by atoms with Crippen LogP contribution in [0, 0.1) is 0 Å². The van der Waals surface area contributed by atoms with Gasteiger partial charge in [-0.3, -0.25) is 19.2 Å². The molecule has 0 aliphatic carbocycles. The first-order valence-electron chi connectivity index (χ1n) is 12.1. The Morgan fingerprint density at radius 1 is 0.921 bits per heavy atom. The summed E-state index contributed by atoms with van der Waals surface area (Å²) in [6, 6.07) is 2.09. The summed E-state index contributed by atoms with van der Waals surface area (Å²) in [5.41, 5.74) is 17.7. The second-order valence-corrected chi connectivity index (χ2v) is 8.83. The molecule has 0 bridgehead atoms. The predicted octanol–water partition coefficient (Wildman–Crippen LogP) is -2.43. The number of carboxylic acids is 1. The lowest BCUT2D eigenvalue weighted by molar-refractivity contribution is -0.143. The van der Waals surface area contributed by atoms with Gasteiger partial charge in [-0.25, -0.2) is 4.79 Å². The molecule has 1 heterocycles. The number of aromatic nitrogens is 1. The van der Waals surface area contributed by atoms with E-state index >= 15 is 0 Å². The highest BCUT2D eigenvalue weighted by Crippen LogP contribution is 2.19. The van der Waals surface area contributed by atoms with Gasteiger partial charge in [0.1, 0.15) is 24.2 Å². The third-order valence-electron chi connectivity index (χ3n) is 5.87. The Bertz CT molecular complexity index is 1140. The summed E-state index contributed by atoms with van der Waals surface area (Å²) in [6.45, 7) is -0.312. The van der Waals surface area contributed by atoms with E-state index in [2.05, 4.69) is 20.9 Å². The maximum absolute atomic E-state index is 13.4. The first-order chi connectivity index (χ1) is 18.1. The molecule has 1 aromatic heterocycles. The van der Waals surface area contributed by atoms with Crippen molar-refractivity contribution in [2.45, 2.75) is 56.3 Å². The van der Waals surface area contributed by atoms with Crippen LogP contribution in [0.25, 0.3) is 10.9 Å². The fourth-order valence-corrected chi connectivity index (χ4v) is 3.80. The van der Waals surface area contributed by atoms with Crippen LogP contribution in [0.15, 0.2) is 30.5 Å². The number of aliphatic hydroxyl groups excluding tert-OH is 1. The number of primary amides is 1. The van der Waals surface area contributed by atoms with E-state index in [9.17, 15) is 34.2 Å². The van der Waals surface area contributed by atoms with Gasteiger partial charge in [0.2, 0.25) is 23.6 Å². The molecule has 2 aromatic rings. The molecule has 2 rings (SSSR count). The van der Waals surface area contributed by atoms with Crippen LogP contribution < -0.4 is 33.2 Å². The third-order valence-corrected chi connectivity index (χ3v) is 5.87. The number of aromatic amines is 1. The lowest BCUT2D eigenvalue weighted by Gasteiger charge is -2.25. The molecule has 0 radical (unpaired) electrons. The van der Waals surface area contributed by atoms with Gasteiger partial charge < -0.3 is 48.3 Å². The first-order valence-corrected chi connectivity index (χ1v) is 12.1. The number of rotatable bonds is 16. The summed E-state index contributed by atoms with van der Waals surface area (Å²) in [5, 5.41) is 26.7. The van der Waals surface area contributed by atoms with Crippen molar-refractivity contribution in [1.29, 1.82) is 0 Å². The van der Waals surface area contributed by atoms with E-state index in [0.717, 1.165) is 10.9 Å². The summed E-state index contributed by atoms with van der Waals surface area (Å²) >= 11 is 0. The minimum absolute atomic E-state index is 0.0241. The maximum Gasteiger partial charge on any atom is 0.326 e. The standard InChI is InChI=1S/C24H35N7O7/c25-8-4-3-7-17(22(35)31-19(24(37)38)10-20(27)33)29-23(36)18(30-21(34)15(26)12-32)9-13-11-28-16-6-2-1-5-14(13)16/h1-2,5-6,11,15,17-19,28,32H,3-4,7-10,12,25-26H2,(H2,27,33)(H,29,36)(H,30,34)(H,31,35)(H,37,38). The molecule has 4 amide bonds. The van der Waals surface area contributed by atoms with Crippen LogP contribution in [-0.4, -0.2) is 82.1 Å². The van der Waals surface area contributed by atoms with E-state index in [1.807, 2.05) is 24.3 Å². The molecule has 0 fully saturated rings. The van der Waals surface area contributed by atoms with E-state index in [0.29, 0.717) is 24.9 Å². The van der Waals surface area contributed by atoms with E-state index in [4.69, 9.17) is 17.2 Å². The SMILES string of the molecule is NCCCCC(NC(=O)C(Cc1c[nH]c2ccccc12)NC(=O)C(N)CO)C(=O)NC(CC(N)=O)C(=O)O. The van der Waals surface area contributed by atoms with Crippen LogP contribution in [0.3, 0.4) is 0 Å². The highest BCUT2D eigenvalue weighted by atomic mass is 16.4. The van der Waals surface area contributed by atoms with Gasteiger partial charge in [-0.1, -0.05) is 18.2 Å². The number of nitrogens with two attached hydrogens (primary N) is 3. The Kier molecular flexibility index (Phi) is 11.7. The molecule has 0 saturated carbocycles. The predicted molar refractivity (Wildman–Crippen MR) is 137 cm³/mol. The molecule has 38 heavy (non-hydrogen) atoms. The van der Waals surface area contributed by atoms with E-state index in [1.54, 1.807) is 6.20 Å². The van der Waals surface area contributed by atoms with E-state index in [1.165, 1.54) is 0 Å². The Morgan fingerprint density at radius 2 is 1.55 bits per heavy atom. The van der Waals surface area contributed by atoms with Crippen molar-refractivity contribution in [1.82, 2.24) is 20.9 Å². The van der Waals surface area contributed by atoms with Crippen molar-refractivity contribution in [3.8, 4) is 0 Å². The van der Waals surface area contributed by atoms with Crippen LogP contribution >= 0.6 is 0 Å². The zero-order chi connectivity index (χ0) is 28.2. The normalized spacial score (nSPS) is 14.2. The van der Waals surface area contributed by atoms with Crippen molar-refractivity contribution in [2.75, 3.05) is 13.2 Å². The summed E-state index contributed by atoms with van der Waals surface area (Å²) in [4.78, 5) is 64.5. The Hall–Kier alpha value is -4.01. The molecule has 0 aliphatic heterocycles. The average molecular weight is 534 g/mol. The first kappa shape index (κ1) is 30.2. The minimum atomic E-state index is -1.59. The molecule has 0 aliphatic rings. The average Bonchev–Trinajstić information content (AvgIpc) is 3.29. The second-order valence-electron chi connectivity index (χ2n) is 8.83. The van der Waals surface area contributed by atoms with Gasteiger partial charge in [0.25, 0.3) is 0 Å². The molecule has 4 unspecified atom stereocenters. The molecule has 14 nitrogen and oxygen atoms in total. The lowest BCUT2D eigenvalue weighted by atomic mass is 10.0. The smallest absolute Gasteiger partial charge is 0.326 e. The number of hydrogen-bond acceptors (Lipinski definition) is 8. The third kappa shape index (κ3) is 8.83. The minimum Gasteiger partial charge on any atom is -0.480 e. The number of unbranched alkanes of at least 4 members (excludes halogenated alkanes) is 1. The van der Waals surface area contributed by atoms with E-state index < -0.39 is 66.8 Å². The van der Waals surface area contributed by atoms with Crippen molar-refractivity contribution in [2.24, 2.45) is 17.2 Å². The number of aliphatic hydroxyl groups is 1. The molecule has 12 N–H and O–H groups in total. The monoisotopic (exact) mass is 533 g/mol. The summed E-state index contributed by atoms with van der Waals surface area (Å²) in [7, 11) is 0. The van der Waals surface area contributed by atoms with Crippen LogP contribution in [0.2, 0.25) is 0 Å². The van der Waals surface area contributed by atoms with E-state index in [-0.39, 0.29) is 12.8 Å². The summed E-state index contributed by atoms with van der Waals surface area (Å²) in [6.07, 6.45) is 2.15. The highest BCUT2D eigenvalue weighted by molar-refractivity contribution is 5.95. The van der Waals surface area contributed by atoms with Gasteiger partial charge in [-0.05, 0) is 37.4 Å². The molecular weight excluding hydrogens is 498 g/mol.